The second kappa shape index (κ2) is 11.2. The van der Waals surface area contributed by atoms with Crippen molar-refractivity contribution in [2.24, 2.45) is 0 Å². The minimum Gasteiger partial charge on any atom is -0.468 e. The van der Waals surface area contributed by atoms with E-state index in [1.807, 2.05) is 0 Å². The lowest BCUT2D eigenvalue weighted by Crippen LogP contribution is -2.47. The van der Waals surface area contributed by atoms with E-state index in [1.165, 1.54) is 24.9 Å². The molecule has 16 heteroatoms. The van der Waals surface area contributed by atoms with Gasteiger partial charge in [0.15, 0.2) is 35.0 Å². The predicted molar refractivity (Wildman–Crippen MR) is 146 cm³/mol. The number of nitrogens with zero attached hydrogens (tertiary/aromatic N) is 5. The first-order valence-electron chi connectivity index (χ1n) is 12.2. The molecule has 1 aromatic carbocycles. The fourth-order valence-electron chi connectivity index (χ4n) is 4.20. The Balaban J connectivity index is 1.64. The van der Waals surface area contributed by atoms with Crippen LogP contribution >= 0.6 is 6.64 Å². The van der Waals surface area contributed by atoms with Gasteiger partial charge in [0.25, 0.3) is 5.85 Å². The van der Waals surface area contributed by atoms with Crippen LogP contribution < -0.4 is 14.5 Å². The molecule has 12 nitrogen and oxygen atoms in total. The zero-order valence-electron chi connectivity index (χ0n) is 22.7. The van der Waals surface area contributed by atoms with E-state index in [-0.39, 0.29) is 11.4 Å². The van der Waals surface area contributed by atoms with Crippen LogP contribution in [0, 0.1) is 6.92 Å². The molecule has 0 spiro atoms. The summed E-state index contributed by atoms with van der Waals surface area (Å²) in [4.78, 5) is 26.7. The van der Waals surface area contributed by atoms with E-state index in [1.54, 1.807) is 56.3 Å². The van der Waals surface area contributed by atoms with Crippen LogP contribution in [0.5, 0.6) is 5.75 Å². The van der Waals surface area contributed by atoms with Gasteiger partial charge in [-0.2, -0.15) is 0 Å². The highest BCUT2D eigenvalue weighted by molar-refractivity contribution is 8.09. The van der Waals surface area contributed by atoms with Gasteiger partial charge < -0.3 is 28.5 Å². The minimum absolute atomic E-state index is 0.188. The van der Waals surface area contributed by atoms with Gasteiger partial charge in [0, 0.05) is 14.1 Å². The second-order valence-electron chi connectivity index (χ2n) is 9.67. The number of carbonyl (C=O) groups excluding carboxylic acids is 1. The summed E-state index contributed by atoms with van der Waals surface area (Å²) in [7, 11) is 4.71. The molecule has 3 heterocycles. The van der Waals surface area contributed by atoms with Gasteiger partial charge in [0.2, 0.25) is 0 Å². The lowest BCUT2D eigenvalue weighted by atomic mass is 9.97. The molecule has 218 valence electrons. The number of benzene rings is 1. The Kier molecular flexibility index (Phi) is 8.46. The highest BCUT2D eigenvalue weighted by atomic mass is 32.5. The van der Waals surface area contributed by atoms with Crippen LogP contribution in [-0.2, 0) is 30.6 Å². The first kappa shape index (κ1) is 30.2. The molecule has 1 aliphatic rings. The average molecular weight is 601 g/mol. The molecule has 6 atom stereocenters. The molecule has 4 rings (SSSR count). The third-order valence-corrected chi connectivity index (χ3v) is 8.71. The number of imidazole rings is 1. The number of hydrogen-bond donors (Lipinski definition) is 2. The van der Waals surface area contributed by atoms with Gasteiger partial charge in [-0.15, -0.1) is 0 Å². The number of aryl methyl sites for hydroxylation is 1. The monoisotopic (exact) mass is 600 g/mol. The van der Waals surface area contributed by atoms with E-state index in [2.05, 4.69) is 20.0 Å². The summed E-state index contributed by atoms with van der Waals surface area (Å²) >= 11 is 5.55. The largest absolute Gasteiger partial charge is 0.468 e. The number of aliphatic hydroxyl groups is 1. The number of methoxy groups -OCH3 is 1. The number of carbonyl (C=O) groups is 1. The van der Waals surface area contributed by atoms with E-state index in [0.717, 1.165) is 6.92 Å². The van der Waals surface area contributed by atoms with E-state index in [9.17, 15) is 9.90 Å². The first-order valence-corrected chi connectivity index (χ1v) is 14.8. The third-order valence-electron chi connectivity index (χ3n) is 6.23. The van der Waals surface area contributed by atoms with Crippen LogP contribution in [-0.4, -0.2) is 82.1 Å². The van der Waals surface area contributed by atoms with Crippen LogP contribution in [0.25, 0.3) is 11.2 Å². The third kappa shape index (κ3) is 5.80. The number of para-hydroxylation sites is 1. The summed E-state index contributed by atoms with van der Waals surface area (Å²) in [6.45, 7) is -0.601. The van der Waals surface area contributed by atoms with Crippen molar-refractivity contribution in [1.29, 1.82) is 0 Å². The van der Waals surface area contributed by atoms with Crippen molar-refractivity contribution < 1.29 is 37.2 Å². The number of rotatable bonds is 10. The maximum absolute atomic E-state index is 16.2. The zero-order valence-corrected chi connectivity index (χ0v) is 24.5. The molecule has 2 N–H and O–H groups in total. The number of aromatic nitrogens is 4. The molecule has 1 aliphatic heterocycles. The molecule has 40 heavy (non-hydrogen) atoms. The number of nitrogens with one attached hydrogen (secondary N) is 1. The fraction of sp³-hybridized carbons (Fsp3) is 0.500. The van der Waals surface area contributed by atoms with E-state index >= 15 is 8.78 Å². The standard InChI is InChI=1S/C24H31F2N6O6PS/c1-14(20(33)35-6)30-39(40,38-16-10-8-7-9-11-16)36-12-24(26)21(34)23(3,25)22(37-24)32-13-27-17-18(31(4)5)28-15(2)29-19(17)32/h7-11,13-14,21-22,34H,12H2,1-6H3,(H,30,40)/t14-,21+,22-,23-,24-,39+/m1/s1. The average Bonchev–Trinajstić information content (AvgIpc) is 3.39. The van der Waals surface area contributed by atoms with Crippen molar-refractivity contribution >= 4 is 41.4 Å². The molecule has 0 saturated carbocycles. The summed E-state index contributed by atoms with van der Waals surface area (Å²) in [5, 5.41) is 13.6. The van der Waals surface area contributed by atoms with Crippen molar-refractivity contribution in [2.75, 3.05) is 32.7 Å². The zero-order chi connectivity index (χ0) is 29.5. The maximum Gasteiger partial charge on any atom is 0.323 e. The van der Waals surface area contributed by atoms with Crippen molar-refractivity contribution in [3.05, 3.63) is 42.5 Å². The Morgan fingerprint density at radius 2 is 2.00 bits per heavy atom. The number of aliphatic hydroxyl groups excluding tert-OH is 1. The Labute approximate surface area is 234 Å². The summed E-state index contributed by atoms with van der Waals surface area (Å²) in [5.41, 5.74) is -2.13. The number of alkyl halides is 2. The first-order chi connectivity index (χ1) is 18.7. The molecule has 2 aromatic heterocycles. The molecular formula is C24H31F2N6O6PS. The summed E-state index contributed by atoms with van der Waals surface area (Å²) in [6.07, 6.45) is -2.74. The quantitative estimate of drug-likeness (QED) is 0.262. The topological polar surface area (TPSA) is 133 Å². The summed E-state index contributed by atoms with van der Waals surface area (Å²) in [5.74, 6) is -2.62. The Bertz CT molecular complexity index is 1430. The normalized spacial score (nSPS) is 26.8. The predicted octanol–water partition coefficient (Wildman–Crippen LogP) is 2.96. The number of fused-ring (bicyclic) bond motifs is 1. The Morgan fingerprint density at radius 3 is 2.62 bits per heavy atom. The number of halogens is 2. The molecule has 0 unspecified atom stereocenters. The van der Waals surface area contributed by atoms with Gasteiger partial charge in [-0.25, -0.2) is 28.8 Å². The molecule has 0 radical (unpaired) electrons. The highest BCUT2D eigenvalue weighted by Crippen LogP contribution is 2.52. The number of anilines is 1. The fourth-order valence-corrected chi connectivity index (χ4v) is 6.60. The van der Waals surface area contributed by atoms with Gasteiger partial charge in [-0.1, -0.05) is 18.2 Å². The molecule has 0 bridgehead atoms. The number of hydrogen-bond acceptors (Lipinski definition) is 11. The van der Waals surface area contributed by atoms with Gasteiger partial charge in [-0.05, 0) is 44.7 Å². The van der Waals surface area contributed by atoms with Crippen LogP contribution in [0.4, 0.5) is 14.6 Å². The second-order valence-corrected chi connectivity index (χ2v) is 12.8. The molecule has 1 saturated heterocycles. The lowest BCUT2D eigenvalue weighted by molar-refractivity contribution is -0.202. The Hall–Kier alpha value is -2.81. The van der Waals surface area contributed by atoms with E-state index < -0.39 is 49.1 Å². The van der Waals surface area contributed by atoms with Gasteiger partial charge in [0.1, 0.15) is 24.2 Å². The lowest BCUT2D eigenvalue weighted by Gasteiger charge is -2.30. The molecule has 3 aromatic rings. The summed E-state index contributed by atoms with van der Waals surface area (Å²) < 4.78 is 55.2. The van der Waals surface area contributed by atoms with Crippen molar-refractivity contribution in [3.8, 4) is 5.75 Å². The number of esters is 1. The SMILES string of the molecule is COC(=O)[C@@H](C)N[P@](=S)(OC[C@@]1(F)O[C@@H](n2cnc3c(N(C)C)nc(C)nc32)[C@](C)(F)[C@@H]1O)Oc1ccccc1. The number of ether oxygens (including phenoxy) is 2. The molecule has 0 aliphatic carbocycles. The van der Waals surface area contributed by atoms with Crippen molar-refractivity contribution in [2.45, 2.75) is 50.7 Å². The summed E-state index contributed by atoms with van der Waals surface area (Å²) in [6, 6.07) is 7.30. The van der Waals surface area contributed by atoms with Gasteiger partial charge >= 0.3 is 12.6 Å². The van der Waals surface area contributed by atoms with Gasteiger partial charge in [-0.3, -0.25) is 9.36 Å². The minimum atomic E-state index is -3.69. The van der Waals surface area contributed by atoms with Crippen LogP contribution in [0.1, 0.15) is 25.9 Å². The smallest absolute Gasteiger partial charge is 0.323 e. The van der Waals surface area contributed by atoms with Crippen molar-refractivity contribution in [3.63, 3.8) is 0 Å². The van der Waals surface area contributed by atoms with Crippen LogP contribution in [0.2, 0.25) is 0 Å². The van der Waals surface area contributed by atoms with Crippen LogP contribution in [0.15, 0.2) is 36.7 Å². The Morgan fingerprint density at radius 1 is 1.32 bits per heavy atom. The van der Waals surface area contributed by atoms with E-state index in [0.29, 0.717) is 17.2 Å². The maximum atomic E-state index is 16.2. The molecular weight excluding hydrogens is 569 g/mol. The van der Waals surface area contributed by atoms with Crippen molar-refractivity contribution in [1.82, 2.24) is 24.6 Å². The van der Waals surface area contributed by atoms with Crippen LogP contribution in [0.3, 0.4) is 0 Å². The molecule has 1 fully saturated rings. The van der Waals surface area contributed by atoms with Gasteiger partial charge in [0.05, 0.1) is 13.4 Å². The highest BCUT2D eigenvalue weighted by Gasteiger charge is 2.65. The molecule has 0 amide bonds. The van der Waals surface area contributed by atoms with E-state index in [4.69, 9.17) is 30.3 Å².